The Morgan fingerprint density at radius 3 is 2.06 bits per heavy atom. The van der Waals surface area contributed by atoms with Crippen molar-refractivity contribution in [1.82, 2.24) is 0 Å². The molecule has 1 aromatic carbocycles. The summed E-state index contributed by atoms with van der Waals surface area (Å²) in [7, 11) is -1.72. The smallest absolute Gasteiger partial charge is 0.192 e. The molecule has 102 valence electrons. The van der Waals surface area contributed by atoms with E-state index < -0.39 is 8.32 Å². The van der Waals surface area contributed by atoms with Crippen molar-refractivity contribution in [3.63, 3.8) is 0 Å². The third-order valence-electron chi connectivity index (χ3n) is 3.83. The van der Waals surface area contributed by atoms with Gasteiger partial charge in [-0.05, 0) is 30.6 Å². The molecule has 0 radical (unpaired) electrons. The molecule has 0 aliphatic rings. The molecule has 0 aliphatic heterocycles. The van der Waals surface area contributed by atoms with Gasteiger partial charge >= 0.3 is 0 Å². The average Bonchev–Trinajstić information content (AvgIpc) is 2.25. The second-order valence-corrected chi connectivity index (χ2v) is 11.8. The molecule has 0 saturated heterocycles. The summed E-state index contributed by atoms with van der Waals surface area (Å²) in [6.07, 6.45) is 0.159. The molecule has 0 saturated carbocycles. The SMILES string of the molecule is Cc1ccc(C(CBr)O[Si](C)(C)C(C)(C)C)cc1. The molecule has 0 aliphatic carbocycles. The first-order valence-corrected chi connectivity index (χ1v) is 10.5. The highest BCUT2D eigenvalue weighted by Gasteiger charge is 2.39. The molecular formula is C15H25BrOSi. The van der Waals surface area contributed by atoms with Crippen LogP contribution in [-0.2, 0) is 4.43 Å². The molecule has 0 N–H and O–H groups in total. The van der Waals surface area contributed by atoms with Crippen LogP contribution in [0.3, 0.4) is 0 Å². The minimum atomic E-state index is -1.72. The van der Waals surface area contributed by atoms with E-state index in [2.05, 4.69) is 81.0 Å². The molecule has 0 fully saturated rings. The molecule has 18 heavy (non-hydrogen) atoms. The summed E-state index contributed by atoms with van der Waals surface area (Å²) in [5.41, 5.74) is 2.56. The second kappa shape index (κ2) is 5.89. The topological polar surface area (TPSA) is 9.23 Å². The Balaban J connectivity index is 2.89. The molecule has 0 spiro atoms. The Labute approximate surface area is 121 Å². The Bertz CT molecular complexity index is 378. The van der Waals surface area contributed by atoms with Crippen LogP contribution in [0, 0.1) is 6.92 Å². The van der Waals surface area contributed by atoms with Crippen molar-refractivity contribution in [3.8, 4) is 0 Å². The van der Waals surface area contributed by atoms with E-state index >= 15 is 0 Å². The van der Waals surface area contributed by atoms with E-state index in [0.717, 1.165) is 5.33 Å². The van der Waals surface area contributed by atoms with E-state index in [-0.39, 0.29) is 11.1 Å². The van der Waals surface area contributed by atoms with Crippen molar-refractivity contribution in [2.24, 2.45) is 0 Å². The van der Waals surface area contributed by atoms with Gasteiger partial charge in [0, 0.05) is 5.33 Å². The van der Waals surface area contributed by atoms with Crippen molar-refractivity contribution in [2.45, 2.75) is 51.9 Å². The van der Waals surface area contributed by atoms with Gasteiger partial charge in [-0.15, -0.1) is 0 Å². The molecule has 1 rings (SSSR count). The van der Waals surface area contributed by atoms with E-state index in [1.165, 1.54) is 11.1 Å². The molecule has 1 unspecified atom stereocenters. The van der Waals surface area contributed by atoms with Crippen molar-refractivity contribution in [1.29, 1.82) is 0 Å². The van der Waals surface area contributed by atoms with Gasteiger partial charge in [0.05, 0.1) is 6.10 Å². The Morgan fingerprint density at radius 2 is 1.67 bits per heavy atom. The zero-order chi connectivity index (χ0) is 14.0. The monoisotopic (exact) mass is 328 g/mol. The molecule has 1 atom stereocenters. The quantitative estimate of drug-likeness (QED) is 0.527. The summed E-state index contributed by atoms with van der Waals surface area (Å²) in [5.74, 6) is 0. The number of aryl methyl sites for hydroxylation is 1. The predicted molar refractivity (Wildman–Crippen MR) is 86.0 cm³/mol. The minimum Gasteiger partial charge on any atom is -0.409 e. The van der Waals surface area contributed by atoms with Crippen LogP contribution >= 0.6 is 15.9 Å². The second-order valence-electron chi connectivity index (χ2n) is 6.43. The molecule has 0 amide bonds. The molecule has 0 aromatic heterocycles. The Kier molecular flexibility index (Phi) is 5.21. The van der Waals surface area contributed by atoms with Gasteiger partial charge in [-0.2, -0.15) is 0 Å². The first-order chi connectivity index (χ1) is 8.17. The van der Waals surface area contributed by atoms with Crippen LogP contribution in [0.15, 0.2) is 24.3 Å². The van der Waals surface area contributed by atoms with Gasteiger partial charge in [-0.25, -0.2) is 0 Å². The molecule has 3 heteroatoms. The fourth-order valence-corrected chi connectivity index (χ4v) is 3.54. The average molecular weight is 329 g/mol. The number of rotatable bonds is 4. The fourth-order valence-electron chi connectivity index (χ4n) is 1.50. The minimum absolute atomic E-state index is 0.159. The number of hydrogen-bond acceptors (Lipinski definition) is 1. The van der Waals surface area contributed by atoms with Crippen LogP contribution in [-0.4, -0.2) is 13.6 Å². The van der Waals surface area contributed by atoms with Crippen LogP contribution in [0.1, 0.15) is 38.0 Å². The lowest BCUT2D eigenvalue weighted by atomic mass is 10.1. The molecule has 1 aromatic rings. The lowest BCUT2D eigenvalue weighted by Crippen LogP contribution is -2.42. The van der Waals surface area contributed by atoms with E-state index in [9.17, 15) is 0 Å². The van der Waals surface area contributed by atoms with Gasteiger partial charge in [0.25, 0.3) is 0 Å². The van der Waals surface area contributed by atoms with Crippen LogP contribution in [0.2, 0.25) is 18.1 Å². The zero-order valence-electron chi connectivity index (χ0n) is 12.4. The lowest BCUT2D eigenvalue weighted by Gasteiger charge is -2.39. The summed E-state index contributed by atoms with van der Waals surface area (Å²) in [6.45, 7) is 13.5. The van der Waals surface area contributed by atoms with Gasteiger partial charge in [0.1, 0.15) is 0 Å². The molecular weight excluding hydrogens is 304 g/mol. The summed E-state index contributed by atoms with van der Waals surface area (Å²) < 4.78 is 6.47. The van der Waals surface area contributed by atoms with E-state index in [0.29, 0.717) is 0 Å². The van der Waals surface area contributed by atoms with Crippen molar-refractivity contribution < 1.29 is 4.43 Å². The number of alkyl halides is 1. The first-order valence-electron chi connectivity index (χ1n) is 6.48. The van der Waals surface area contributed by atoms with Crippen molar-refractivity contribution >= 4 is 24.2 Å². The highest BCUT2D eigenvalue weighted by Crippen LogP contribution is 2.40. The normalized spacial score (nSPS) is 14.6. The number of benzene rings is 1. The van der Waals surface area contributed by atoms with Gasteiger partial charge in [-0.3, -0.25) is 0 Å². The lowest BCUT2D eigenvalue weighted by molar-refractivity contribution is 0.208. The standard InChI is InChI=1S/C15H25BrOSi/c1-12-7-9-13(10-8-12)14(11-16)17-18(5,6)15(2,3)4/h7-10,14H,11H2,1-6H3. The third kappa shape index (κ3) is 3.94. The van der Waals surface area contributed by atoms with Crippen LogP contribution in [0.4, 0.5) is 0 Å². The molecule has 0 bridgehead atoms. The van der Waals surface area contributed by atoms with Crippen molar-refractivity contribution in [3.05, 3.63) is 35.4 Å². The Hall–Kier alpha value is -0.123. The number of halogens is 1. The molecule has 0 heterocycles. The van der Waals surface area contributed by atoms with E-state index in [1.807, 2.05) is 0 Å². The summed E-state index contributed by atoms with van der Waals surface area (Å²) in [6, 6.07) is 8.66. The number of hydrogen-bond donors (Lipinski definition) is 0. The highest BCUT2D eigenvalue weighted by atomic mass is 79.9. The van der Waals surface area contributed by atoms with E-state index in [4.69, 9.17) is 4.43 Å². The van der Waals surface area contributed by atoms with Gasteiger partial charge in [0.2, 0.25) is 0 Å². The van der Waals surface area contributed by atoms with Crippen molar-refractivity contribution in [2.75, 3.05) is 5.33 Å². The van der Waals surface area contributed by atoms with E-state index in [1.54, 1.807) is 0 Å². The Morgan fingerprint density at radius 1 is 1.17 bits per heavy atom. The van der Waals surface area contributed by atoms with Gasteiger partial charge in [-0.1, -0.05) is 66.5 Å². The fraction of sp³-hybridized carbons (Fsp3) is 0.600. The predicted octanol–water partition coefficient (Wildman–Crippen LogP) is 5.45. The maximum Gasteiger partial charge on any atom is 0.192 e. The first kappa shape index (κ1) is 15.9. The summed E-state index contributed by atoms with van der Waals surface area (Å²) in [5, 5.41) is 1.10. The van der Waals surface area contributed by atoms with Crippen LogP contribution in [0.25, 0.3) is 0 Å². The largest absolute Gasteiger partial charge is 0.409 e. The van der Waals surface area contributed by atoms with Gasteiger partial charge < -0.3 is 4.43 Å². The van der Waals surface area contributed by atoms with Crippen LogP contribution < -0.4 is 0 Å². The third-order valence-corrected chi connectivity index (χ3v) is 8.91. The maximum absolute atomic E-state index is 6.47. The zero-order valence-corrected chi connectivity index (χ0v) is 15.0. The van der Waals surface area contributed by atoms with Crippen LogP contribution in [0.5, 0.6) is 0 Å². The molecule has 1 nitrogen and oxygen atoms in total. The highest BCUT2D eigenvalue weighted by molar-refractivity contribution is 9.09. The van der Waals surface area contributed by atoms with Gasteiger partial charge in [0.15, 0.2) is 8.32 Å². The maximum atomic E-state index is 6.47. The summed E-state index contributed by atoms with van der Waals surface area (Å²) in [4.78, 5) is 0. The summed E-state index contributed by atoms with van der Waals surface area (Å²) >= 11 is 3.59.